The zero-order valence-corrected chi connectivity index (χ0v) is 12.0. The average molecular weight is 279 g/mol. The van der Waals surface area contributed by atoms with Gasteiger partial charge in [0.15, 0.2) is 5.75 Å². The number of anilines is 1. The lowest BCUT2D eigenvalue weighted by Crippen LogP contribution is -2.36. The molecule has 1 fully saturated rings. The lowest BCUT2D eigenvalue weighted by Gasteiger charge is -2.30. The van der Waals surface area contributed by atoms with Gasteiger partial charge in [-0.25, -0.2) is 0 Å². The van der Waals surface area contributed by atoms with Crippen molar-refractivity contribution in [2.45, 2.75) is 25.8 Å². The largest absolute Gasteiger partial charge is 0.487 e. The Bertz CT molecular complexity index is 471. The maximum atomic E-state index is 11.3. The van der Waals surface area contributed by atoms with Gasteiger partial charge in [-0.1, -0.05) is 6.07 Å². The molecule has 0 bridgehead atoms. The highest BCUT2D eigenvalue weighted by molar-refractivity contribution is 5.68. The van der Waals surface area contributed by atoms with Gasteiger partial charge in [-0.2, -0.15) is 0 Å². The minimum absolute atomic E-state index is 0.0354. The summed E-state index contributed by atoms with van der Waals surface area (Å²) < 4.78 is 5.36. The van der Waals surface area contributed by atoms with Crippen LogP contribution in [0.2, 0.25) is 0 Å². The molecular formula is C14H21N3O3. The maximum absolute atomic E-state index is 11.3. The number of nitrogens with zero attached hydrogens (tertiary/aromatic N) is 2. The first-order valence-electron chi connectivity index (χ1n) is 6.97. The quantitative estimate of drug-likeness (QED) is 0.662. The number of benzene rings is 1. The van der Waals surface area contributed by atoms with Gasteiger partial charge in [-0.3, -0.25) is 10.1 Å². The van der Waals surface area contributed by atoms with Crippen LogP contribution in [0.3, 0.4) is 0 Å². The van der Waals surface area contributed by atoms with Gasteiger partial charge < -0.3 is 15.0 Å². The molecule has 1 aliphatic rings. The molecule has 1 aliphatic heterocycles. The highest BCUT2D eigenvalue weighted by Gasteiger charge is 2.24. The summed E-state index contributed by atoms with van der Waals surface area (Å²) in [6, 6.07) is 5.46. The van der Waals surface area contributed by atoms with Gasteiger partial charge in [0.25, 0.3) is 0 Å². The molecule has 6 heteroatoms. The molecule has 0 radical (unpaired) electrons. The molecule has 1 aromatic carbocycles. The summed E-state index contributed by atoms with van der Waals surface area (Å²) >= 11 is 0. The summed E-state index contributed by atoms with van der Waals surface area (Å²) in [6.07, 6.45) is 1.99. The van der Waals surface area contributed by atoms with E-state index in [-0.39, 0.29) is 16.7 Å². The van der Waals surface area contributed by atoms with Crippen molar-refractivity contribution in [3.63, 3.8) is 0 Å². The number of piperidine rings is 1. The second kappa shape index (κ2) is 6.56. The Morgan fingerprint density at radius 2 is 2.15 bits per heavy atom. The fourth-order valence-electron chi connectivity index (χ4n) is 2.47. The number of ether oxygens (including phenoxy) is 1. The minimum Gasteiger partial charge on any atom is -0.487 e. The molecule has 0 spiro atoms. The normalized spacial score (nSPS) is 16.9. The van der Waals surface area contributed by atoms with Crippen LogP contribution in [0.15, 0.2) is 18.2 Å². The minimum atomic E-state index is -0.373. The molecule has 0 amide bonds. The maximum Gasteiger partial charge on any atom is 0.333 e. The number of hydrogen-bond donors (Lipinski definition) is 1. The van der Waals surface area contributed by atoms with Crippen LogP contribution in [0.5, 0.6) is 5.75 Å². The van der Waals surface area contributed by atoms with Gasteiger partial charge in [0, 0.05) is 6.04 Å². The predicted octanol–water partition coefficient (Wildman–Crippen LogP) is 2.50. The van der Waals surface area contributed by atoms with E-state index in [1.54, 1.807) is 18.2 Å². The van der Waals surface area contributed by atoms with Crippen molar-refractivity contribution < 1.29 is 9.66 Å². The molecule has 110 valence electrons. The van der Waals surface area contributed by atoms with Gasteiger partial charge in [0.05, 0.1) is 11.5 Å². The van der Waals surface area contributed by atoms with E-state index in [0.717, 1.165) is 25.9 Å². The number of nitrogens with one attached hydrogen (secondary N) is 1. The second-order valence-electron chi connectivity index (χ2n) is 5.06. The fraction of sp³-hybridized carbons (Fsp3) is 0.571. The lowest BCUT2D eigenvalue weighted by atomic mass is 10.0. The van der Waals surface area contributed by atoms with Crippen molar-refractivity contribution in [1.82, 2.24) is 4.90 Å². The van der Waals surface area contributed by atoms with Crippen LogP contribution in [0.25, 0.3) is 0 Å². The molecule has 1 saturated heterocycles. The number of hydrogen-bond acceptors (Lipinski definition) is 5. The molecule has 0 unspecified atom stereocenters. The Balaban J connectivity index is 2.18. The zero-order valence-electron chi connectivity index (χ0n) is 12.0. The van der Waals surface area contributed by atoms with Crippen molar-refractivity contribution in [2.24, 2.45) is 0 Å². The van der Waals surface area contributed by atoms with E-state index >= 15 is 0 Å². The molecule has 6 nitrogen and oxygen atoms in total. The molecule has 1 aromatic rings. The van der Waals surface area contributed by atoms with Crippen LogP contribution < -0.4 is 10.1 Å². The molecule has 0 atom stereocenters. The molecule has 20 heavy (non-hydrogen) atoms. The van der Waals surface area contributed by atoms with Gasteiger partial charge in [-0.15, -0.1) is 0 Å². The molecule has 1 heterocycles. The van der Waals surface area contributed by atoms with Crippen molar-refractivity contribution in [3.8, 4) is 5.75 Å². The summed E-state index contributed by atoms with van der Waals surface area (Å²) in [6.45, 7) is 4.26. The molecule has 2 rings (SSSR count). The number of likely N-dealkylation sites (tertiary alicyclic amines) is 1. The molecule has 0 aliphatic carbocycles. The van der Waals surface area contributed by atoms with Gasteiger partial charge in [-0.05, 0) is 52.0 Å². The van der Waals surface area contributed by atoms with E-state index in [1.807, 2.05) is 6.92 Å². The first-order valence-corrected chi connectivity index (χ1v) is 6.97. The molecule has 1 N–H and O–H groups in total. The van der Waals surface area contributed by atoms with E-state index < -0.39 is 0 Å². The van der Waals surface area contributed by atoms with Crippen LogP contribution in [0, 0.1) is 10.1 Å². The number of rotatable bonds is 5. The lowest BCUT2D eigenvalue weighted by molar-refractivity contribution is -0.385. The Hall–Kier alpha value is -1.82. The third-order valence-corrected chi connectivity index (χ3v) is 3.56. The SMILES string of the molecule is CCOc1cccc(NC2CCN(C)CC2)c1[N+](=O)[O-]. The predicted molar refractivity (Wildman–Crippen MR) is 78.4 cm³/mol. The van der Waals surface area contributed by atoms with Gasteiger partial charge in [0.2, 0.25) is 0 Å². The first kappa shape index (κ1) is 14.6. The van der Waals surface area contributed by atoms with Crippen molar-refractivity contribution in [3.05, 3.63) is 28.3 Å². The van der Waals surface area contributed by atoms with E-state index in [4.69, 9.17) is 4.74 Å². The highest BCUT2D eigenvalue weighted by Crippen LogP contribution is 2.35. The van der Waals surface area contributed by atoms with Crippen molar-refractivity contribution in [2.75, 3.05) is 32.1 Å². The fourth-order valence-corrected chi connectivity index (χ4v) is 2.47. The van der Waals surface area contributed by atoms with Gasteiger partial charge in [0.1, 0.15) is 5.69 Å². The summed E-state index contributed by atoms with van der Waals surface area (Å²) in [4.78, 5) is 13.2. The summed E-state index contributed by atoms with van der Waals surface area (Å²) in [7, 11) is 2.09. The van der Waals surface area contributed by atoms with Crippen molar-refractivity contribution >= 4 is 11.4 Å². The average Bonchev–Trinajstić information content (AvgIpc) is 2.41. The zero-order chi connectivity index (χ0) is 14.5. The van der Waals surface area contributed by atoms with Crippen LogP contribution >= 0.6 is 0 Å². The number of para-hydroxylation sites is 1. The number of nitro benzene ring substituents is 1. The second-order valence-corrected chi connectivity index (χ2v) is 5.06. The Kier molecular flexibility index (Phi) is 4.79. The van der Waals surface area contributed by atoms with E-state index in [0.29, 0.717) is 18.0 Å². The number of nitro groups is 1. The van der Waals surface area contributed by atoms with Crippen LogP contribution in [-0.2, 0) is 0 Å². The molecular weight excluding hydrogens is 258 g/mol. The smallest absolute Gasteiger partial charge is 0.333 e. The summed E-state index contributed by atoms with van der Waals surface area (Å²) in [5.74, 6) is 0.329. The van der Waals surface area contributed by atoms with Crippen LogP contribution in [-0.4, -0.2) is 42.6 Å². The van der Waals surface area contributed by atoms with Gasteiger partial charge >= 0.3 is 5.69 Å². The monoisotopic (exact) mass is 279 g/mol. The third kappa shape index (κ3) is 3.39. The van der Waals surface area contributed by atoms with E-state index in [9.17, 15) is 10.1 Å². The van der Waals surface area contributed by atoms with Crippen molar-refractivity contribution in [1.29, 1.82) is 0 Å². The summed E-state index contributed by atoms with van der Waals surface area (Å²) in [5.41, 5.74) is 0.587. The third-order valence-electron chi connectivity index (χ3n) is 3.56. The summed E-state index contributed by atoms with van der Waals surface area (Å²) in [5, 5.41) is 14.6. The van der Waals surface area contributed by atoms with Crippen LogP contribution in [0.1, 0.15) is 19.8 Å². The van der Waals surface area contributed by atoms with E-state index in [2.05, 4.69) is 17.3 Å². The Morgan fingerprint density at radius 3 is 2.75 bits per heavy atom. The topological polar surface area (TPSA) is 67.6 Å². The highest BCUT2D eigenvalue weighted by atomic mass is 16.6. The Labute approximate surface area is 118 Å². The van der Waals surface area contributed by atoms with E-state index in [1.165, 1.54) is 0 Å². The molecule has 0 saturated carbocycles. The Morgan fingerprint density at radius 1 is 1.45 bits per heavy atom. The molecule has 0 aromatic heterocycles. The van der Waals surface area contributed by atoms with Crippen LogP contribution in [0.4, 0.5) is 11.4 Å². The first-order chi connectivity index (χ1) is 9.61. The standard InChI is InChI=1S/C14H21N3O3/c1-3-20-13-6-4-5-12(14(13)17(18)19)15-11-7-9-16(2)10-8-11/h4-6,11,15H,3,7-10H2,1-2H3.